The van der Waals surface area contributed by atoms with Gasteiger partial charge >= 0.3 is 0 Å². The fourth-order valence-electron chi connectivity index (χ4n) is 2.09. The SMILES string of the molecule is CN1CCC(NC(=O)c2ccc(N)c(Cl)c2)CC1. The molecule has 4 nitrogen and oxygen atoms in total. The number of amides is 1. The van der Waals surface area contributed by atoms with Gasteiger partial charge in [0.2, 0.25) is 0 Å². The van der Waals surface area contributed by atoms with Gasteiger partial charge in [0.1, 0.15) is 0 Å². The molecule has 0 saturated carbocycles. The van der Waals surface area contributed by atoms with Crippen LogP contribution in [0.15, 0.2) is 18.2 Å². The molecule has 2 rings (SSSR count). The van der Waals surface area contributed by atoms with Gasteiger partial charge in [-0.2, -0.15) is 0 Å². The largest absolute Gasteiger partial charge is 0.398 e. The maximum atomic E-state index is 12.0. The second-order valence-electron chi connectivity index (χ2n) is 4.79. The zero-order valence-electron chi connectivity index (χ0n) is 10.4. The Kier molecular flexibility index (Phi) is 4.09. The number of carbonyl (C=O) groups is 1. The average Bonchev–Trinajstić information content (AvgIpc) is 2.35. The highest BCUT2D eigenvalue weighted by Crippen LogP contribution is 2.20. The summed E-state index contributed by atoms with van der Waals surface area (Å²) in [4.78, 5) is 14.3. The van der Waals surface area contributed by atoms with Crippen LogP contribution in [0.4, 0.5) is 5.69 Å². The maximum Gasteiger partial charge on any atom is 0.251 e. The first-order chi connectivity index (χ1) is 8.56. The fourth-order valence-corrected chi connectivity index (χ4v) is 2.27. The molecule has 1 aliphatic rings. The van der Waals surface area contributed by atoms with Crippen LogP contribution in [0.3, 0.4) is 0 Å². The number of carbonyl (C=O) groups excluding carboxylic acids is 1. The lowest BCUT2D eigenvalue weighted by molar-refractivity contribution is 0.0917. The van der Waals surface area contributed by atoms with Gasteiger partial charge < -0.3 is 16.0 Å². The zero-order chi connectivity index (χ0) is 13.1. The van der Waals surface area contributed by atoms with E-state index in [9.17, 15) is 4.79 Å². The number of hydrogen-bond acceptors (Lipinski definition) is 3. The molecule has 0 atom stereocenters. The number of rotatable bonds is 2. The predicted molar refractivity (Wildman–Crippen MR) is 73.8 cm³/mol. The summed E-state index contributed by atoms with van der Waals surface area (Å²) in [7, 11) is 2.10. The topological polar surface area (TPSA) is 58.4 Å². The van der Waals surface area contributed by atoms with Crippen LogP contribution in [0, 0.1) is 0 Å². The molecule has 98 valence electrons. The lowest BCUT2D eigenvalue weighted by atomic mass is 10.0. The van der Waals surface area contributed by atoms with Gasteiger partial charge in [0, 0.05) is 11.6 Å². The van der Waals surface area contributed by atoms with E-state index in [1.165, 1.54) is 0 Å². The minimum Gasteiger partial charge on any atom is -0.398 e. The summed E-state index contributed by atoms with van der Waals surface area (Å²) in [6, 6.07) is 5.23. The lowest BCUT2D eigenvalue weighted by Gasteiger charge is -2.29. The van der Waals surface area contributed by atoms with Crippen molar-refractivity contribution in [1.82, 2.24) is 10.2 Å². The van der Waals surface area contributed by atoms with E-state index < -0.39 is 0 Å². The maximum absolute atomic E-state index is 12.0. The van der Waals surface area contributed by atoms with Crippen LogP contribution >= 0.6 is 11.6 Å². The van der Waals surface area contributed by atoms with Crippen LogP contribution < -0.4 is 11.1 Å². The number of piperidine rings is 1. The molecule has 1 fully saturated rings. The molecule has 1 heterocycles. The van der Waals surface area contributed by atoms with Crippen LogP contribution in [0.25, 0.3) is 0 Å². The highest BCUT2D eigenvalue weighted by molar-refractivity contribution is 6.33. The molecule has 0 radical (unpaired) electrons. The zero-order valence-corrected chi connectivity index (χ0v) is 11.2. The van der Waals surface area contributed by atoms with Gasteiger partial charge in [0.15, 0.2) is 0 Å². The van der Waals surface area contributed by atoms with E-state index in [0.29, 0.717) is 16.3 Å². The fraction of sp³-hybridized carbons (Fsp3) is 0.462. The first kappa shape index (κ1) is 13.2. The normalized spacial score (nSPS) is 17.7. The number of nitrogens with one attached hydrogen (secondary N) is 1. The molecular weight excluding hydrogens is 250 g/mol. The van der Waals surface area contributed by atoms with E-state index in [2.05, 4.69) is 17.3 Å². The van der Waals surface area contributed by atoms with E-state index in [4.69, 9.17) is 17.3 Å². The second-order valence-corrected chi connectivity index (χ2v) is 5.19. The van der Waals surface area contributed by atoms with Crippen LogP contribution in [-0.4, -0.2) is 37.0 Å². The van der Waals surface area contributed by atoms with Gasteiger partial charge in [-0.05, 0) is 51.2 Å². The smallest absolute Gasteiger partial charge is 0.251 e. The number of benzene rings is 1. The minimum atomic E-state index is -0.0774. The van der Waals surface area contributed by atoms with E-state index in [1.807, 2.05) is 0 Å². The van der Waals surface area contributed by atoms with Crippen molar-refractivity contribution in [3.05, 3.63) is 28.8 Å². The summed E-state index contributed by atoms with van der Waals surface area (Å²) in [5.74, 6) is -0.0774. The number of likely N-dealkylation sites (tertiary alicyclic amines) is 1. The van der Waals surface area contributed by atoms with Crippen molar-refractivity contribution in [2.75, 3.05) is 25.9 Å². The number of halogens is 1. The summed E-state index contributed by atoms with van der Waals surface area (Å²) in [5.41, 5.74) is 6.68. The molecule has 3 N–H and O–H groups in total. The highest BCUT2D eigenvalue weighted by atomic mass is 35.5. The van der Waals surface area contributed by atoms with Crippen molar-refractivity contribution in [3.63, 3.8) is 0 Å². The van der Waals surface area contributed by atoms with Gasteiger partial charge in [0.25, 0.3) is 5.91 Å². The molecule has 5 heteroatoms. The molecule has 1 aliphatic heterocycles. The summed E-state index contributed by atoms with van der Waals surface area (Å²) in [6.07, 6.45) is 1.98. The number of anilines is 1. The molecule has 1 aromatic rings. The second kappa shape index (κ2) is 5.59. The molecule has 18 heavy (non-hydrogen) atoms. The van der Waals surface area contributed by atoms with E-state index in [0.717, 1.165) is 25.9 Å². The number of hydrogen-bond donors (Lipinski definition) is 2. The molecule has 0 bridgehead atoms. The quantitative estimate of drug-likeness (QED) is 0.803. The third kappa shape index (κ3) is 3.15. The van der Waals surface area contributed by atoms with Crippen LogP contribution in [0.1, 0.15) is 23.2 Å². The molecule has 0 unspecified atom stereocenters. The van der Waals surface area contributed by atoms with Crippen LogP contribution in [0.2, 0.25) is 5.02 Å². The monoisotopic (exact) mass is 267 g/mol. The van der Waals surface area contributed by atoms with Gasteiger partial charge in [-0.15, -0.1) is 0 Å². The van der Waals surface area contributed by atoms with E-state index in [1.54, 1.807) is 18.2 Å². The summed E-state index contributed by atoms with van der Waals surface area (Å²) in [5, 5.41) is 3.46. The molecule has 0 spiro atoms. The minimum absolute atomic E-state index is 0.0774. The number of nitrogens with two attached hydrogens (primary N) is 1. The standard InChI is InChI=1S/C13H18ClN3O/c1-17-6-4-10(5-7-17)16-13(18)9-2-3-12(15)11(14)8-9/h2-3,8,10H,4-7,15H2,1H3,(H,16,18). The summed E-state index contributed by atoms with van der Waals surface area (Å²) < 4.78 is 0. The van der Waals surface area contributed by atoms with Crippen molar-refractivity contribution in [3.8, 4) is 0 Å². The molecule has 1 saturated heterocycles. The van der Waals surface area contributed by atoms with Crippen LogP contribution in [-0.2, 0) is 0 Å². The summed E-state index contributed by atoms with van der Waals surface area (Å²) >= 11 is 5.91. The molecular formula is C13H18ClN3O. The Morgan fingerprint density at radius 1 is 1.44 bits per heavy atom. The van der Waals surface area contributed by atoms with E-state index >= 15 is 0 Å². The summed E-state index contributed by atoms with van der Waals surface area (Å²) in [6.45, 7) is 2.04. The van der Waals surface area contributed by atoms with Crippen molar-refractivity contribution in [2.24, 2.45) is 0 Å². The molecule has 0 aromatic heterocycles. The first-order valence-electron chi connectivity index (χ1n) is 6.10. The van der Waals surface area contributed by atoms with Crippen LogP contribution in [0.5, 0.6) is 0 Å². The van der Waals surface area contributed by atoms with Gasteiger partial charge in [-0.25, -0.2) is 0 Å². The first-order valence-corrected chi connectivity index (χ1v) is 6.48. The lowest BCUT2D eigenvalue weighted by Crippen LogP contribution is -2.43. The Hall–Kier alpha value is -1.26. The Bertz CT molecular complexity index is 442. The van der Waals surface area contributed by atoms with Gasteiger partial charge in [-0.1, -0.05) is 11.6 Å². The third-order valence-corrected chi connectivity index (χ3v) is 3.64. The molecule has 1 amide bonds. The Morgan fingerprint density at radius 3 is 2.72 bits per heavy atom. The molecule has 1 aromatic carbocycles. The average molecular weight is 268 g/mol. The van der Waals surface area contributed by atoms with Crippen molar-refractivity contribution in [2.45, 2.75) is 18.9 Å². The third-order valence-electron chi connectivity index (χ3n) is 3.32. The Balaban J connectivity index is 1.97. The van der Waals surface area contributed by atoms with Crippen molar-refractivity contribution < 1.29 is 4.79 Å². The highest BCUT2D eigenvalue weighted by Gasteiger charge is 2.19. The van der Waals surface area contributed by atoms with Gasteiger partial charge in [0.05, 0.1) is 10.7 Å². The Morgan fingerprint density at radius 2 is 2.11 bits per heavy atom. The number of nitrogens with zero attached hydrogens (tertiary/aromatic N) is 1. The number of nitrogen functional groups attached to an aromatic ring is 1. The predicted octanol–water partition coefficient (Wildman–Crippen LogP) is 1.75. The van der Waals surface area contributed by atoms with Crippen molar-refractivity contribution in [1.29, 1.82) is 0 Å². The van der Waals surface area contributed by atoms with E-state index in [-0.39, 0.29) is 11.9 Å². The van der Waals surface area contributed by atoms with Crippen molar-refractivity contribution >= 4 is 23.2 Å². The Labute approximate surface area is 112 Å². The molecule has 0 aliphatic carbocycles. The van der Waals surface area contributed by atoms with Gasteiger partial charge in [-0.3, -0.25) is 4.79 Å².